The van der Waals surface area contributed by atoms with Crippen molar-refractivity contribution in [3.63, 3.8) is 0 Å². The summed E-state index contributed by atoms with van der Waals surface area (Å²) in [6, 6.07) is 15.9. The molecule has 1 saturated heterocycles. The fourth-order valence-electron chi connectivity index (χ4n) is 4.36. The lowest BCUT2D eigenvalue weighted by molar-refractivity contribution is -0.127. The Bertz CT molecular complexity index is 1120. The molecule has 0 bridgehead atoms. The minimum Gasteiger partial charge on any atom is -0.349 e. The van der Waals surface area contributed by atoms with Crippen molar-refractivity contribution in [1.29, 1.82) is 0 Å². The molecule has 3 aromatic rings. The molecule has 1 N–H and O–H groups in total. The minimum absolute atomic E-state index is 0.0361. The van der Waals surface area contributed by atoms with E-state index >= 15 is 0 Å². The zero-order chi connectivity index (χ0) is 24.3. The third-order valence-corrected chi connectivity index (χ3v) is 6.78. The zero-order valence-corrected chi connectivity index (χ0v) is 21.1. The van der Waals surface area contributed by atoms with Crippen LogP contribution in [-0.4, -0.2) is 34.0 Å². The van der Waals surface area contributed by atoms with Crippen LogP contribution in [0.15, 0.2) is 53.1 Å². The predicted molar refractivity (Wildman–Crippen MR) is 134 cm³/mol. The van der Waals surface area contributed by atoms with E-state index in [2.05, 4.69) is 65.4 Å². The van der Waals surface area contributed by atoms with Gasteiger partial charge >= 0.3 is 0 Å². The average Bonchev–Trinajstić information content (AvgIpc) is 3.27. The van der Waals surface area contributed by atoms with Gasteiger partial charge in [-0.2, -0.15) is 4.98 Å². The van der Waals surface area contributed by atoms with Crippen LogP contribution >= 0.6 is 11.6 Å². The van der Waals surface area contributed by atoms with Gasteiger partial charge in [-0.25, -0.2) is 0 Å². The number of piperidine rings is 1. The number of halogens is 1. The van der Waals surface area contributed by atoms with Gasteiger partial charge in [0, 0.05) is 12.1 Å². The maximum Gasteiger partial charge on any atom is 0.241 e. The smallest absolute Gasteiger partial charge is 0.241 e. The normalized spacial score (nSPS) is 18.0. The molecule has 0 radical (unpaired) electrons. The molecule has 180 valence electrons. The Morgan fingerprint density at radius 2 is 1.94 bits per heavy atom. The Labute approximate surface area is 206 Å². The van der Waals surface area contributed by atoms with E-state index < -0.39 is 0 Å². The molecule has 0 saturated carbocycles. The number of likely N-dealkylation sites (tertiary alicyclic amines) is 1. The van der Waals surface area contributed by atoms with Crippen LogP contribution in [-0.2, 0) is 16.8 Å². The number of carbonyl (C=O) groups excluding carboxylic acids is 1. The van der Waals surface area contributed by atoms with Gasteiger partial charge in [-0.05, 0) is 55.0 Å². The number of carbonyl (C=O) groups is 1. The highest BCUT2D eigenvalue weighted by atomic mass is 35.5. The van der Waals surface area contributed by atoms with Gasteiger partial charge in [-0.15, -0.1) is 0 Å². The molecule has 2 heterocycles. The highest BCUT2D eigenvalue weighted by molar-refractivity contribution is 6.33. The second-order valence-electron chi connectivity index (χ2n) is 10.2. The lowest BCUT2D eigenvalue weighted by atomic mass is 9.86. The summed E-state index contributed by atoms with van der Waals surface area (Å²) >= 11 is 6.25. The quantitative estimate of drug-likeness (QED) is 0.484. The summed E-state index contributed by atoms with van der Waals surface area (Å²) in [5.41, 5.74) is 3.27. The van der Waals surface area contributed by atoms with E-state index in [0.29, 0.717) is 29.8 Å². The van der Waals surface area contributed by atoms with Crippen LogP contribution in [0, 0.1) is 5.92 Å². The van der Waals surface area contributed by atoms with E-state index in [1.54, 1.807) is 6.07 Å². The van der Waals surface area contributed by atoms with Crippen molar-refractivity contribution in [2.24, 2.45) is 5.92 Å². The molecule has 1 fully saturated rings. The van der Waals surface area contributed by atoms with Gasteiger partial charge in [-0.3, -0.25) is 9.69 Å². The number of aromatic nitrogens is 2. The van der Waals surface area contributed by atoms with Crippen LogP contribution in [0.2, 0.25) is 5.02 Å². The first kappa shape index (κ1) is 24.4. The summed E-state index contributed by atoms with van der Waals surface area (Å²) in [5, 5.41) is 7.88. The van der Waals surface area contributed by atoms with Crippen molar-refractivity contribution < 1.29 is 9.32 Å². The Morgan fingerprint density at radius 1 is 1.21 bits per heavy atom. The Morgan fingerprint density at radius 3 is 2.65 bits per heavy atom. The summed E-state index contributed by atoms with van der Waals surface area (Å²) in [6.45, 7) is 10.7. The number of nitrogens with zero attached hydrogens (tertiary/aromatic N) is 3. The fourth-order valence-corrected chi connectivity index (χ4v) is 4.58. The Balaban J connectivity index is 1.34. The molecule has 0 spiro atoms. The zero-order valence-electron chi connectivity index (χ0n) is 20.3. The van der Waals surface area contributed by atoms with E-state index in [1.807, 2.05) is 25.1 Å². The second-order valence-corrected chi connectivity index (χ2v) is 10.6. The topological polar surface area (TPSA) is 71.3 Å². The van der Waals surface area contributed by atoms with Crippen LogP contribution in [0.3, 0.4) is 0 Å². The van der Waals surface area contributed by atoms with E-state index in [-0.39, 0.29) is 23.3 Å². The van der Waals surface area contributed by atoms with Crippen molar-refractivity contribution in [2.45, 2.75) is 58.5 Å². The first-order chi connectivity index (χ1) is 16.2. The number of amides is 1. The van der Waals surface area contributed by atoms with Crippen LogP contribution in [0.1, 0.15) is 63.6 Å². The summed E-state index contributed by atoms with van der Waals surface area (Å²) in [6.07, 6.45) is 1.84. The van der Waals surface area contributed by atoms with Gasteiger partial charge < -0.3 is 9.84 Å². The molecule has 1 aromatic heterocycles. The van der Waals surface area contributed by atoms with Crippen molar-refractivity contribution >= 4 is 17.5 Å². The standard InChI is InChI=1S/C27H33ClN4O2/c1-18(19-11-13-21(14-12-19)27(2,3)4)29-26(33)20-8-7-15-32(16-20)17-24-30-25(31-34-24)22-9-5-6-10-23(22)28/h5-6,9-14,18,20H,7-8,15-17H2,1-4H3,(H,29,33). The molecule has 1 aliphatic rings. The highest BCUT2D eigenvalue weighted by Gasteiger charge is 2.28. The molecular formula is C27H33ClN4O2. The first-order valence-electron chi connectivity index (χ1n) is 11.9. The fraction of sp³-hybridized carbons (Fsp3) is 0.444. The van der Waals surface area contributed by atoms with E-state index in [1.165, 1.54) is 5.56 Å². The minimum atomic E-state index is -0.0593. The van der Waals surface area contributed by atoms with Crippen molar-refractivity contribution in [2.75, 3.05) is 13.1 Å². The lowest BCUT2D eigenvalue weighted by Gasteiger charge is -2.31. The maximum absolute atomic E-state index is 13.0. The summed E-state index contributed by atoms with van der Waals surface area (Å²) in [7, 11) is 0. The molecule has 0 aliphatic carbocycles. The number of hydrogen-bond donors (Lipinski definition) is 1. The molecule has 2 atom stereocenters. The van der Waals surface area contributed by atoms with E-state index in [0.717, 1.165) is 30.5 Å². The van der Waals surface area contributed by atoms with Gasteiger partial charge in [0.15, 0.2) is 0 Å². The molecule has 1 amide bonds. The van der Waals surface area contributed by atoms with Crippen molar-refractivity contribution in [3.8, 4) is 11.4 Å². The van der Waals surface area contributed by atoms with Gasteiger partial charge in [0.2, 0.25) is 17.6 Å². The monoisotopic (exact) mass is 480 g/mol. The van der Waals surface area contributed by atoms with E-state index in [9.17, 15) is 4.79 Å². The van der Waals surface area contributed by atoms with Crippen LogP contribution in [0.5, 0.6) is 0 Å². The molecule has 2 aromatic carbocycles. The van der Waals surface area contributed by atoms with Crippen LogP contribution in [0.4, 0.5) is 0 Å². The van der Waals surface area contributed by atoms with Crippen molar-refractivity contribution in [1.82, 2.24) is 20.4 Å². The second kappa shape index (κ2) is 10.3. The molecule has 4 rings (SSSR count). The number of nitrogens with one attached hydrogen (secondary N) is 1. The largest absolute Gasteiger partial charge is 0.349 e. The Hall–Kier alpha value is -2.70. The first-order valence-corrected chi connectivity index (χ1v) is 12.3. The summed E-state index contributed by atoms with van der Waals surface area (Å²) < 4.78 is 5.47. The average molecular weight is 481 g/mol. The predicted octanol–water partition coefficient (Wildman–Crippen LogP) is 5.78. The molecule has 2 unspecified atom stereocenters. The third kappa shape index (κ3) is 5.86. The van der Waals surface area contributed by atoms with Crippen molar-refractivity contribution in [3.05, 3.63) is 70.6 Å². The number of rotatable bonds is 6. The van der Waals surface area contributed by atoms with Crippen LogP contribution < -0.4 is 5.32 Å². The third-order valence-electron chi connectivity index (χ3n) is 6.45. The van der Waals surface area contributed by atoms with E-state index in [4.69, 9.17) is 16.1 Å². The van der Waals surface area contributed by atoms with Gasteiger partial charge in [-0.1, -0.05) is 73.9 Å². The summed E-state index contributed by atoms with van der Waals surface area (Å²) in [4.78, 5) is 19.8. The molecular weight excluding hydrogens is 448 g/mol. The highest BCUT2D eigenvalue weighted by Crippen LogP contribution is 2.27. The SMILES string of the molecule is CC(NC(=O)C1CCCN(Cc2nc(-c3ccccc3Cl)no2)C1)c1ccc(C(C)(C)C)cc1. The Kier molecular flexibility index (Phi) is 7.39. The number of hydrogen-bond acceptors (Lipinski definition) is 5. The van der Waals surface area contributed by atoms with Crippen LogP contribution in [0.25, 0.3) is 11.4 Å². The molecule has 34 heavy (non-hydrogen) atoms. The molecule has 7 heteroatoms. The molecule has 1 aliphatic heterocycles. The van der Waals surface area contributed by atoms with Gasteiger partial charge in [0.05, 0.1) is 23.5 Å². The summed E-state index contributed by atoms with van der Waals surface area (Å²) in [5.74, 6) is 1.05. The lowest BCUT2D eigenvalue weighted by Crippen LogP contribution is -2.43. The van der Waals surface area contributed by atoms with Gasteiger partial charge in [0.1, 0.15) is 0 Å². The van der Waals surface area contributed by atoms with Gasteiger partial charge in [0.25, 0.3) is 0 Å². The maximum atomic E-state index is 13.0. The molecule has 6 nitrogen and oxygen atoms in total. The number of benzene rings is 2.